The normalized spacial score (nSPS) is 41.4. The number of amides is 2. The highest BCUT2D eigenvalue weighted by Gasteiger charge is 2.58. The summed E-state index contributed by atoms with van der Waals surface area (Å²) < 4.78 is 0. The standard InChI is InChI=1S/C25H34N2O6/c1-24-11-9-16(26-32-14-23(31)33-27-21(29)7-8-22(27)30)13-15(24)3-4-17-18-5-6-20(28)25(18,2)12-10-19(17)24/h13,17-20,28H,3-12,14H2,1-2H3/b26-16+. The van der Waals surface area contributed by atoms with E-state index in [-0.39, 0.29) is 29.8 Å². The van der Waals surface area contributed by atoms with Gasteiger partial charge in [-0.3, -0.25) is 9.59 Å². The molecule has 0 aromatic heterocycles. The molecule has 0 spiro atoms. The van der Waals surface area contributed by atoms with E-state index in [1.165, 1.54) is 12.0 Å². The van der Waals surface area contributed by atoms with Crippen LogP contribution in [0, 0.1) is 28.6 Å². The fourth-order valence-electron chi connectivity index (χ4n) is 7.57. The summed E-state index contributed by atoms with van der Waals surface area (Å²) in [6, 6.07) is 0. The van der Waals surface area contributed by atoms with Gasteiger partial charge in [0.2, 0.25) is 6.61 Å². The van der Waals surface area contributed by atoms with Crippen molar-refractivity contribution in [2.24, 2.45) is 33.7 Å². The number of oxime groups is 1. The molecule has 1 N–H and O–H groups in total. The number of rotatable bonds is 4. The van der Waals surface area contributed by atoms with Crippen LogP contribution in [0.3, 0.4) is 0 Å². The Kier molecular flexibility index (Phi) is 5.62. The summed E-state index contributed by atoms with van der Waals surface area (Å²) in [7, 11) is 0. The van der Waals surface area contributed by atoms with Gasteiger partial charge in [0.05, 0.1) is 11.8 Å². The molecule has 5 rings (SSSR count). The van der Waals surface area contributed by atoms with Crippen LogP contribution >= 0.6 is 0 Å². The molecule has 2 amide bonds. The van der Waals surface area contributed by atoms with Crippen molar-refractivity contribution in [3.05, 3.63) is 11.6 Å². The van der Waals surface area contributed by atoms with Gasteiger partial charge in [-0.2, -0.15) is 0 Å². The highest BCUT2D eigenvalue weighted by atomic mass is 16.7. The first-order valence-corrected chi connectivity index (χ1v) is 12.4. The lowest BCUT2D eigenvalue weighted by molar-refractivity contribution is -0.200. The zero-order valence-corrected chi connectivity index (χ0v) is 19.5. The van der Waals surface area contributed by atoms with Gasteiger partial charge in [0, 0.05) is 12.8 Å². The van der Waals surface area contributed by atoms with Gasteiger partial charge >= 0.3 is 5.97 Å². The lowest BCUT2D eigenvalue weighted by Gasteiger charge is -2.57. The monoisotopic (exact) mass is 458 g/mol. The fourth-order valence-corrected chi connectivity index (χ4v) is 7.57. The fraction of sp³-hybridized carbons (Fsp3) is 0.760. The van der Waals surface area contributed by atoms with Crippen LogP contribution in [0.2, 0.25) is 0 Å². The smallest absolute Gasteiger partial charge is 0.373 e. The number of fused-ring (bicyclic) bond motifs is 5. The largest absolute Gasteiger partial charge is 0.393 e. The molecule has 8 nitrogen and oxygen atoms in total. The average Bonchev–Trinajstić information content (AvgIpc) is 3.26. The zero-order valence-electron chi connectivity index (χ0n) is 19.5. The van der Waals surface area contributed by atoms with Gasteiger partial charge in [0.1, 0.15) is 0 Å². The SMILES string of the molecule is CC12CC/C(=N\OCC(=O)ON3C(=O)CCC3=O)C=C1CCC1C2CCC2(C)C(O)CCC12. The van der Waals surface area contributed by atoms with Crippen molar-refractivity contribution in [3.63, 3.8) is 0 Å². The second kappa shape index (κ2) is 8.22. The first-order chi connectivity index (χ1) is 15.7. The van der Waals surface area contributed by atoms with E-state index in [4.69, 9.17) is 9.68 Å². The molecule has 33 heavy (non-hydrogen) atoms. The molecular formula is C25H34N2O6. The number of aliphatic hydroxyl groups excluding tert-OH is 1. The number of hydroxylamine groups is 2. The summed E-state index contributed by atoms with van der Waals surface area (Å²) >= 11 is 0. The lowest BCUT2D eigenvalue weighted by atomic mass is 9.47. The predicted octanol–water partition coefficient (Wildman–Crippen LogP) is 3.29. The molecule has 3 saturated carbocycles. The minimum absolute atomic E-state index is 0.0596. The van der Waals surface area contributed by atoms with Crippen molar-refractivity contribution in [2.45, 2.75) is 84.2 Å². The minimum Gasteiger partial charge on any atom is -0.393 e. The van der Waals surface area contributed by atoms with Gasteiger partial charge < -0.3 is 14.8 Å². The summed E-state index contributed by atoms with van der Waals surface area (Å²) in [6.45, 7) is 4.26. The molecule has 0 aromatic carbocycles. The van der Waals surface area contributed by atoms with E-state index in [1.807, 2.05) is 0 Å². The van der Waals surface area contributed by atoms with E-state index >= 15 is 0 Å². The number of carbonyl (C=O) groups is 3. The summed E-state index contributed by atoms with van der Waals surface area (Å²) in [5.74, 6) is 0.116. The van der Waals surface area contributed by atoms with Crippen LogP contribution in [0.1, 0.15) is 78.1 Å². The van der Waals surface area contributed by atoms with Crippen LogP contribution in [0.5, 0.6) is 0 Å². The van der Waals surface area contributed by atoms with Crippen molar-refractivity contribution in [1.82, 2.24) is 5.06 Å². The number of nitrogens with zero attached hydrogens (tertiary/aromatic N) is 2. The Balaban J connectivity index is 1.22. The van der Waals surface area contributed by atoms with E-state index in [0.29, 0.717) is 22.8 Å². The van der Waals surface area contributed by atoms with Gasteiger partial charge in [-0.15, -0.1) is 5.06 Å². The molecule has 0 bridgehead atoms. The first-order valence-electron chi connectivity index (χ1n) is 12.4. The van der Waals surface area contributed by atoms with Crippen molar-refractivity contribution in [3.8, 4) is 0 Å². The van der Waals surface area contributed by atoms with E-state index in [2.05, 4.69) is 25.1 Å². The molecule has 6 atom stereocenters. The molecular weight excluding hydrogens is 424 g/mol. The molecule has 1 saturated heterocycles. The van der Waals surface area contributed by atoms with Crippen LogP contribution in [0.15, 0.2) is 16.8 Å². The van der Waals surface area contributed by atoms with E-state index in [0.717, 1.165) is 50.7 Å². The Labute approximate surface area is 194 Å². The second-order valence-electron chi connectivity index (χ2n) is 11.0. The third-order valence-electron chi connectivity index (χ3n) is 9.49. The van der Waals surface area contributed by atoms with E-state index in [1.54, 1.807) is 0 Å². The van der Waals surface area contributed by atoms with Crippen LogP contribution in [0.25, 0.3) is 0 Å². The van der Waals surface area contributed by atoms with Gasteiger partial charge in [-0.1, -0.05) is 24.6 Å². The Morgan fingerprint density at radius 2 is 1.82 bits per heavy atom. The molecule has 4 fully saturated rings. The number of imide groups is 1. The topological polar surface area (TPSA) is 106 Å². The molecule has 1 heterocycles. The van der Waals surface area contributed by atoms with E-state index < -0.39 is 24.4 Å². The van der Waals surface area contributed by atoms with E-state index in [9.17, 15) is 19.5 Å². The Morgan fingerprint density at radius 1 is 1.06 bits per heavy atom. The maximum absolute atomic E-state index is 11.9. The highest BCUT2D eigenvalue weighted by Crippen LogP contribution is 2.65. The summed E-state index contributed by atoms with van der Waals surface area (Å²) in [6.07, 6.45) is 10.5. The van der Waals surface area contributed by atoms with Gasteiger partial charge in [-0.05, 0) is 86.0 Å². The average molecular weight is 459 g/mol. The molecule has 0 aromatic rings. The highest BCUT2D eigenvalue weighted by molar-refractivity contribution is 6.01. The van der Waals surface area contributed by atoms with Gasteiger partial charge in [0.25, 0.3) is 11.8 Å². The molecule has 1 aliphatic heterocycles. The predicted molar refractivity (Wildman–Crippen MR) is 118 cm³/mol. The summed E-state index contributed by atoms with van der Waals surface area (Å²) in [5, 5.41) is 15.3. The molecule has 0 radical (unpaired) electrons. The minimum atomic E-state index is -0.819. The second-order valence-corrected chi connectivity index (χ2v) is 11.0. The Hall–Kier alpha value is -2.22. The number of aliphatic hydroxyl groups is 1. The number of hydrogen-bond acceptors (Lipinski definition) is 7. The zero-order chi connectivity index (χ0) is 23.4. The quantitative estimate of drug-likeness (QED) is 0.512. The molecule has 180 valence electrons. The van der Waals surface area contributed by atoms with Crippen LogP contribution in [-0.4, -0.2) is 46.4 Å². The number of hydrogen-bond donors (Lipinski definition) is 1. The summed E-state index contributed by atoms with van der Waals surface area (Å²) in [4.78, 5) is 45.0. The number of allylic oxidation sites excluding steroid dienone is 2. The molecule has 5 aliphatic rings. The van der Waals surface area contributed by atoms with Crippen molar-refractivity contribution >= 4 is 23.5 Å². The van der Waals surface area contributed by atoms with Gasteiger partial charge in [-0.25, -0.2) is 4.79 Å². The first kappa shape index (κ1) is 22.6. The van der Waals surface area contributed by atoms with Crippen molar-refractivity contribution < 1.29 is 29.2 Å². The summed E-state index contributed by atoms with van der Waals surface area (Å²) in [5.41, 5.74) is 2.49. The van der Waals surface area contributed by atoms with Crippen LogP contribution in [0.4, 0.5) is 0 Å². The third kappa shape index (κ3) is 3.70. The molecule has 8 heteroatoms. The number of carbonyl (C=O) groups excluding carboxylic acids is 3. The molecule has 4 aliphatic carbocycles. The van der Waals surface area contributed by atoms with Crippen molar-refractivity contribution in [2.75, 3.05) is 6.61 Å². The maximum atomic E-state index is 11.9. The third-order valence-corrected chi connectivity index (χ3v) is 9.49. The Morgan fingerprint density at radius 3 is 2.58 bits per heavy atom. The van der Waals surface area contributed by atoms with Crippen molar-refractivity contribution in [1.29, 1.82) is 0 Å². The van der Waals surface area contributed by atoms with Crippen LogP contribution in [-0.2, 0) is 24.1 Å². The Bertz CT molecular complexity index is 912. The van der Waals surface area contributed by atoms with Crippen LogP contribution < -0.4 is 0 Å². The maximum Gasteiger partial charge on any atom is 0.373 e. The molecule has 6 unspecified atom stereocenters. The lowest BCUT2D eigenvalue weighted by Crippen LogP contribution is -2.51. The van der Waals surface area contributed by atoms with Gasteiger partial charge in [0.15, 0.2) is 0 Å².